The Kier molecular flexibility index (Phi) is 3.18. The number of hydrogen-bond acceptors (Lipinski definition) is 3. The van der Waals surface area contributed by atoms with Crippen molar-refractivity contribution in [3.63, 3.8) is 0 Å². The van der Waals surface area contributed by atoms with Gasteiger partial charge < -0.3 is 15.6 Å². The summed E-state index contributed by atoms with van der Waals surface area (Å²) in [7, 11) is 1.14. The van der Waals surface area contributed by atoms with Crippen molar-refractivity contribution in [2.24, 2.45) is 0 Å². The number of nitrogen functional groups attached to an aromatic ring is 1. The van der Waals surface area contributed by atoms with E-state index in [4.69, 9.17) is 10.5 Å². The van der Waals surface area contributed by atoms with Crippen LogP contribution >= 0.6 is 0 Å². The maximum Gasteiger partial charge on any atom is 0.204 e. The molecule has 0 spiro atoms. The normalized spacial score (nSPS) is 11.0. The summed E-state index contributed by atoms with van der Waals surface area (Å²) >= 11 is 0. The molecule has 0 saturated carbocycles. The summed E-state index contributed by atoms with van der Waals surface area (Å²) < 4.78 is 45.8. The lowest BCUT2D eigenvalue weighted by atomic mass is 9.98. The van der Waals surface area contributed by atoms with Gasteiger partial charge in [-0.15, -0.1) is 0 Å². The number of aromatic hydroxyl groups is 1. The van der Waals surface area contributed by atoms with Crippen LogP contribution < -0.4 is 10.5 Å². The molecular formula is C13H12F3NO2. The summed E-state index contributed by atoms with van der Waals surface area (Å²) in [4.78, 5) is 0. The zero-order valence-electron chi connectivity index (χ0n) is 10.4. The van der Waals surface area contributed by atoms with Crippen molar-refractivity contribution in [1.82, 2.24) is 0 Å². The monoisotopic (exact) mass is 271 g/mol. The molecule has 0 aliphatic heterocycles. The fourth-order valence-corrected chi connectivity index (χ4v) is 2.11. The topological polar surface area (TPSA) is 55.5 Å². The van der Waals surface area contributed by atoms with E-state index in [1.807, 2.05) is 0 Å². The molecule has 0 amide bonds. The maximum absolute atomic E-state index is 13.8. The highest BCUT2D eigenvalue weighted by atomic mass is 19.2. The summed E-state index contributed by atoms with van der Waals surface area (Å²) in [5, 5.41) is 9.31. The van der Waals surface area contributed by atoms with E-state index in [-0.39, 0.29) is 11.1 Å². The van der Waals surface area contributed by atoms with E-state index in [1.165, 1.54) is 6.07 Å². The number of methoxy groups -OCH3 is 1. The van der Waals surface area contributed by atoms with E-state index >= 15 is 0 Å². The smallest absolute Gasteiger partial charge is 0.204 e. The molecule has 3 nitrogen and oxygen atoms in total. The molecule has 0 radical (unpaired) electrons. The first-order valence-corrected chi connectivity index (χ1v) is 5.58. The number of nitrogens with two attached hydrogens (primary N) is 1. The van der Waals surface area contributed by atoms with Gasteiger partial charge in [-0.1, -0.05) is 6.92 Å². The Bertz CT molecular complexity index is 671. The maximum atomic E-state index is 13.8. The van der Waals surface area contributed by atoms with E-state index < -0.39 is 34.3 Å². The van der Waals surface area contributed by atoms with Gasteiger partial charge in [-0.25, -0.2) is 8.78 Å². The van der Waals surface area contributed by atoms with Gasteiger partial charge in [0.2, 0.25) is 5.82 Å². The van der Waals surface area contributed by atoms with Gasteiger partial charge in [-0.2, -0.15) is 4.39 Å². The zero-order chi connectivity index (χ0) is 14.3. The lowest BCUT2D eigenvalue weighted by Gasteiger charge is -2.15. The van der Waals surface area contributed by atoms with Gasteiger partial charge in [0.15, 0.2) is 17.4 Å². The first-order valence-electron chi connectivity index (χ1n) is 5.58. The second kappa shape index (κ2) is 4.53. The molecule has 0 unspecified atom stereocenters. The minimum absolute atomic E-state index is 0.00639. The highest BCUT2D eigenvalue weighted by molar-refractivity contribution is 5.99. The van der Waals surface area contributed by atoms with Crippen LogP contribution in [0.4, 0.5) is 18.9 Å². The van der Waals surface area contributed by atoms with Crippen LogP contribution in [0, 0.1) is 17.5 Å². The van der Waals surface area contributed by atoms with Crippen LogP contribution in [0.2, 0.25) is 0 Å². The molecule has 0 fully saturated rings. The van der Waals surface area contributed by atoms with Crippen molar-refractivity contribution < 1.29 is 23.0 Å². The first kappa shape index (κ1) is 13.3. The number of ether oxygens (including phenoxy) is 1. The van der Waals surface area contributed by atoms with Crippen molar-refractivity contribution in [2.45, 2.75) is 13.3 Å². The Morgan fingerprint density at radius 3 is 2.32 bits per heavy atom. The van der Waals surface area contributed by atoms with Crippen molar-refractivity contribution in [2.75, 3.05) is 12.8 Å². The third kappa shape index (κ3) is 1.75. The first-order chi connectivity index (χ1) is 8.93. The molecule has 0 heterocycles. The SMILES string of the molecule is CCc1cc(N)c(O)c2c(F)c(F)c(F)c(OC)c12. The average molecular weight is 271 g/mol. The number of anilines is 1. The van der Waals surface area contributed by atoms with Crippen LogP contribution in [0.3, 0.4) is 0 Å². The lowest BCUT2D eigenvalue weighted by molar-refractivity contribution is 0.366. The van der Waals surface area contributed by atoms with Crippen molar-refractivity contribution in [3.8, 4) is 11.5 Å². The van der Waals surface area contributed by atoms with Gasteiger partial charge in [0, 0.05) is 5.39 Å². The Labute approximate surface area is 107 Å². The van der Waals surface area contributed by atoms with E-state index in [1.54, 1.807) is 6.92 Å². The third-order valence-corrected chi connectivity index (χ3v) is 3.03. The largest absolute Gasteiger partial charge is 0.505 e. The predicted octanol–water partition coefficient (Wildman–Crippen LogP) is 3.12. The zero-order valence-corrected chi connectivity index (χ0v) is 10.4. The fraction of sp³-hybridized carbons (Fsp3) is 0.231. The second-order valence-electron chi connectivity index (χ2n) is 4.05. The highest BCUT2D eigenvalue weighted by Gasteiger charge is 2.25. The minimum atomic E-state index is -1.70. The van der Waals surface area contributed by atoms with Gasteiger partial charge in [-0.05, 0) is 18.1 Å². The number of benzene rings is 2. The molecule has 3 N–H and O–H groups in total. The quantitative estimate of drug-likeness (QED) is 0.501. The van der Waals surface area contributed by atoms with Crippen LogP contribution in [0.15, 0.2) is 6.07 Å². The van der Waals surface area contributed by atoms with Crippen LogP contribution in [-0.4, -0.2) is 12.2 Å². The summed E-state index contributed by atoms with van der Waals surface area (Å²) in [6, 6.07) is 1.39. The Balaban J connectivity index is 3.14. The van der Waals surface area contributed by atoms with Crippen molar-refractivity contribution >= 4 is 16.5 Å². The molecule has 0 aromatic heterocycles. The van der Waals surface area contributed by atoms with E-state index in [2.05, 4.69) is 0 Å². The average Bonchev–Trinajstić information content (AvgIpc) is 2.40. The molecule has 2 rings (SSSR count). The summed E-state index contributed by atoms with van der Waals surface area (Å²) in [5.41, 5.74) is 5.89. The number of halogens is 3. The molecule has 0 aliphatic carbocycles. The van der Waals surface area contributed by atoms with Crippen molar-refractivity contribution in [3.05, 3.63) is 29.1 Å². The molecule has 19 heavy (non-hydrogen) atoms. The van der Waals surface area contributed by atoms with Crippen LogP contribution in [0.25, 0.3) is 10.8 Å². The molecular weight excluding hydrogens is 259 g/mol. The molecule has 0 atom stereocenters. The number of fused-ring (bicyclic) bond motifs is 1. The molecule has 6 heteroatoms. The minimum Gasteiger partial charge on any atom is -0.505 e. The third-order valence-electron chi connectivity index (χ3n) is 3.03. The van der Waals surface area contributed by atoms with Gasteiger partial charge in [-0.3, -0.25) is 0 Å². The Morgan fingerprint density at radius 1 is 1.16 bits per heavy atom. The molecule has 2 aromatic carbocycles. The standard InChI is InChI=1S/C13H12F3NO2/c1-3-5-4-6(17)12(18)8-7(5)13(19-2)11(16)10(15)9(8)14/h4,18H,3,17H2,1-2H3. The summed E-state index contributed by atoms with van der Waals surface area (Å²) in [5.74, 6) is -5.67. The molecule has 2 aromatic rings. The number of aryl methyl sites for hydroxylation is 1. The van der Waals surface area contributed by atoms with Crippen LogP contribution in [0.5, 0.6) is 11.5 Å². The van der Waals surface area contributed by atoms with Gasteiger partial charge in [0.05, 0.1) is 18.2 Å². The number of rotatable bonds is 2. The highest BCUT2D eigenvalue weighted by Crippen LogP contribution is 2.42. The Hall–Kier alpha value is -2.11. The lowest BCUT2D eigenvalue weighted by Crippen LogP contribution is -2.02. The van der Waals surface area contributed by atoms with Gasteiger partial charge >= 0.3 is 0 Å². The molecule has 0 bridgehead atoms. The van der Waals surface area contributed by atoms with Gasteiger partial charge in [0.1, 0.15) is 5.75 Å². The summed E-state index contributed by atoms with van der Waals surface area (Å²) in [6.07, 6.45) is 0.391. The van der Waals surface area contributed by atoms with E-state index in [0.29, 0.717) is 12.0 Å². The van der Waals surface area contributed by atoms with E-state index in [9.17, 15) is 18.3 Å². The van der Waals surface area contributed by atoms with E-state index in [0.717, 1.165) is 7.11 Å². The summed E-state index contributed by atoms with van der Waals surface area (Å²) in [6.45, 7) is 1.74. The molecule has 0 aliphatic rings. The van der Waals surface area contributed by atoms with Crippen LogP contribution in [-0.2, 0) is 6.42 Å². The fourth-order valence-electron chi connectivity index (χ4n) is 2.11. The Morgan fingerprint density at radius 2 is 1.79 bits per heavy atom. The van der Waals surface area contributed by atoms with Crippen molar-refractivity contribution in [1.29, 1.82) is 0 Å². The number of phenols is 1. The number of phenolic OH excluding ortho intramolecular Hbond substituents is 1. The number of hydrogen-bond donors (Lipinski definition) is 2. The molecule has 0 saturated heterocycles. The predicted molar refractivity (Wildman–Crippen MR) is 65.8 cm³/mol. The van der Waals surface area contributed by atoms with Crippen LogP contribution in [0.1, 0.15) is 12.5 Å². The molecule has 102 valence electrons. The van der Waals surface area contributed by atoms with Gasteiger partial charge in [0.25, 0.3) is 0 Å². The second-order valence-corrected chi connectivity index (χ2v) is 4.05.